The SMILES string of the molecule is O=C(COC(=O)/C=C/c1ccc(Br)cc1)Nc1ccccc1. The van der Waals surface area contributed by atoms with E-state index in [9.17, 15) is 9.59 Å². The van der Waals surface area contributed by atoms with Crippen LogP contribution < -0.4 is 5.32 Å². The van der Waals surface area contributed by atoms with Gasteiger partial charge in [0.2, 0.25) is 0 Å². The minimum absolute atomic E-state index is 0.321. The first-order valence-electron chi connectivity index (χ1n) is 6.59. The highest BCUT2D eigenvalue weighted by Crippen LogP contribution is 2.11. The Morgan fingerprint density at radius 3 is 2.41 bits per heavy atom. The first-order chi connectivity index (χ1) is 10.6. The van der Waals surface area contributed by atoms with E-state index in [1.54, 1.807) is 18.2 Å². The van der Waals surface area contributed by atoms with E-state index >= 15 is 0 Å². The van der Waals surface area contributed by atoms with Crippen LogP contribution in [-0.4, -0.2) is 18.5 Å². The number of benzene rings is 2. The molecule has 112 valence electrons. The van der Waals surface area contributed by atoms with Gasteiger partial charge in [-0.3, -0.25) is 4.79 Å². The van der Waals surface area contributed by atoms with Gasteiger partial charge in [0.15, 0.2) is 6.61 Å². The second-order valence-electron chi connectivity index (χ2n) is 4.41. The molecule has 22 heavy (non-hydrogen) atoms. The van der Waals surface area contributed by atoms with Crippen LogP contribution in [0, 0.1) is 0 Å². The van der Waals surface area contributed by atoms with Crippen LogP contribution in [0.25, 0.3) is 6.08 Å². The zero-order valence-corrected chi connectivity index (χ0v) is 13.2. The maximum absolute atomic E-state index is 11.6. The number of halogens is 1. The average Bonchev–Trinajstić information content (AvgIpc) is 2.53. The highest BCUT2D eigenvalue weighted by atomic mass is 79.9. The molecule has 0 atom stereocenters. The predicted octanol–water partition coefficient (Wildman–Crippen LogP) is 3.64. The molecular weight excluding hydrogens is 346 g/mol. The number of anilines is 1. The van der Waals surface area contributed by atoms with Crippen molar-refractivity contribution in [2.45, 2.75) is 0 Å². The van der Waals surface area contributed by atoms with Crippen LogP contribution in [0.4, 0.5) is 5.69 Å². The standard InChI is InChI=1S/C17H14BrNO3/c18-14-9-6-13(7-10-14)8-11-17(21)22-12-16(20)19-15-4-2-1-3-5-15/h1-11H,12H2,(H,19,20)/b11-8+. The van der Waals surface area contributed by atoms with Crippen molar-refractivity contribution >= 4 is 39.6 Å². The summed E-state index contributed by atoms with van der Waals surface area (Å²) in [6, 6.07) is 16.4. The molecule has 4 nitrogen and oxygen atoms in total. The molecule has 0 aliphatic heterocycles. The molecule has 2 rings (SSSR count). The summed E-state index contributed by atoms with van der Waals surface area (Å²) in [5.74, 6) is -0.942. The van der Waals surface area contributed by atoms with Crippen molar-refractivity contribution in [2.24, 2.45) is 0 Å². The molecule has 0 bridgehead atoms. The molecular formula is C17H14BrNO3. The molecule has 0 spiro atoms. The molecule has 5 heteroatoms. The monoisotopic (exact) mass is 359 g/mol. The fraction of sp³-hybridized carbons (Fsp3) is 0.0588. The van der Waals surface area contributed by atoms with Crippen LogP contribution in [-0.2, 0) is 14.3 Å². The normalized spacial score (nSPS) is 10.4. The van der Waals surface area contributed by atoms with Crippen molar-refractivity contribution in [3.63, 3.8) is 0 Å². The molecule has 0 aliphatic rings. The lowest BCUT2D eigenvalue weighted by molar-refractivity contribution is -0.142. The third kappa shape index (κ3) is 5.54. The van der Waals surface area contributed by atoms with Gasteiger partial charge >= 0.3 is 5.97 Å². The highest BCUT2D eigenvalue weighted by molar-refractivity contribution is 9.10. The Kier molecular flexibility index (Phi) is 5.91. The largest absolute Gasteiger partial charge is 0.452 e. The van der Waals surface area contributed by atoms with Crippen molar-refractivity contribution in [1.29, 1.82) is 0 Å². The summed E-state index contributed by atoms with van der Waals surface area (Å²) in [6.07, 6.45) is 2.92. The third-order valence-corrected chi connectivity index (χ3v) is 3.21. The Labute approximate surface area is 136 Å². The van der Waals surface area contributed by atoms with Gasteiger partial charge in [-0.25, -0.2) is 4.79 Å². The number of carbonyl (C=O) groups excluding carboxylic acids is 2. The summed E-state index contributed by atoms with van der Waals surface area (Å²) in [6.45, 7) is -0.321. The third-order valence-electron chi connectivity index (χ3n) is 2.68. The zero-order chi connectivity index (χ0) is 15.8. The maximum atomic E-state index is 11.6. The van der Waals surface area contributed by atoms with Gasteiger partial charge in [-0.15, -0.1) is 0 Å². The van der Waals surface area contributed by atoms with Gasteiger partial charge in [-0.2, -0.15) is 0 Å². The van der Waals surface area contributed by atoms with Crippen LogP contribution in [0.15, 0.2) is 65.1 Å². The van der Waals surface area contributed by atoms with Crippen LogP contribution >= 0.6 is 15.9 Å². The average molecular weight is 360 g/mol. The van der Waals surface area contributed by atoms with E-state index < -0.39 is 5.97 Å². The van der Waals surface area contributed by atoms with Crippen molar-refractivity contribution in [3.05, 3.63) is 70.7 Å². The topological polar surface area (TPSA) is 55.4 Å². The quantitative estimate of drug-likeness (QED) is 0.654. The summed E-state index contributed by atoms with van der Waals surface area (Å²) in [5.41, 5.74) is 1.53. The number of hydrogen-bond acceptors (Lipinski definition) is 3. The first-order valence-corrected chi connectivity index (χ1v) is 7.38. The lowest BCUT2D eigenvalue weighted by Crippen LogP contribution is -2.20. The van der Waals surface area contributed by atoms with Gasteiger partial charge < -0.3 is 10.1 Å². The lowest BCUT2D eigenvalue weighted by atomic mass is 10.2. The zero-order valence-electron chi connectivity index (χ0n) is 11.7. The Bertz CT molecular complexity index is 666. The summed E-state index contributed by atoms with van der Waals surface area (Å²) < 4.78 is 5.84. The Morgan fingerprint density at radius 1 is 1.05 bits per heavy atom. The van der Waals surface area contributed by atoms with Gasteiger partial charge in [0.1, 0.15) is 0 Å². The Hall–Kier alpha value is -2.40. The molecule has 0 heterocycles. The summed E-state index contributed by atoms with van der Waals surface area (Å²) in [5, 5.41) is 2.63. The van der Waals surface area contributed by atoms with Crippen molar-refractivity contribution in [3.8, 4) is 0 Å². The van der Waals surface area contributed by atoms with Gasteiger partial charge in [0.25, 0.3) is 5.91 Å². The van der Waals surface area contributed by atoms with Crippen LogP contribution in [0.3, 0.4) is 0 Å². The van der Waals surface area contributed by atoms with E-state index in [1.165, 1.54) is 6.08 Å². The maximum Gasteiger partial charge on any atom is 0.331 e. The molecule has 2 aromatic rings. The number of carbonyl (C=O) groups is 2. The molecule has 0 saturated heterocycles. The molecule has 1 N–H and O–H groups in total. The van der Waals surface area contributed by atoms with Crippen molar-refractivity contribution in [2.75, 3.05) is 11.9 Å². The molecule has 0 unspecified atom stereocenters. The Balaban J connectivity index is 1.77. The van der Waals surface area contributed by atoms with E-state index in [2.05, 4.69) is 21.2 Å². The van der Waals surface area contributed by atoms with E-state index in [4.69, 9.17) is 4.74 Å². The molecule has 0 aromatic heterocycles. The van der Waals surface area contributed by atoms with E-state index in [0.717, 1.165) is 10.0 Å². The van der Waals surface area contributed by atoms with Crippen molar-refractivity contribution in [1.82, 2.24) is 0 Å². The van der Waals surface area contributed by atoms with E-state index in [0.29, 0.717) is 5.69 Å². The van der Waals surface area contributed by atoms with Crippen LogP contribution in [0.5, 0.6) is 0 Å². The second-order valence-corrected chi connectivity index (χ2v) is 5.32. The number of rotatable bonds is 5. The number of hydrogen-bond donors (Lipinski definition) is 1. The number of ether oxygens (including phenoxy) is 1. The Morgan fingerprint density at radius 2 is 1.73 bits per heavy atom. The smallest absolute Gasteiger partial charge is 0.331 e. The number of para-hydroxylation sites is 1. The summed E-state index contributed by atoms with van der Waals surface area (Å²) >= 11 is 3.33. The van der Waals surface area contributed by atoms with E-state index in [-0.39, 0.29) is 12.5 Å². The molecule has 0 radical (unpaired) electrons. The van der Waals surface area contributed by atoms with Gasteiger partial charge in [0.05, 0.1) is 0 Å². The molecule has 1 amide bonds. The van der Waals surface area contributed by atoms with Crippen LogP contribution in [0.1, 0.15) is 5.56 Å². The molecule has 0 saturated carbocycles. The number of amides is 1. The van der Waals surface area contributed by atoms with Crippen molar-refractivity contribution < 1.29 is 14.3 Å². The predicted molar refractivity (Wildman–Crippen MR) is 89.2 cm³/mol. The van der Waals surface area contributed by atoms with E-state index in [1.807, 2.05) is 42.5 Å². The first kappa shape index (κ1) is 16.0. The van der Waals surface area contributed by atoms with Gasteiger partial charge in [-0.05, 0) is 35.9 Å². The lowest BCUT2D eigenvalue weighted by Gasteiger charge is -2.04. The van der Waals surface area contributed by atoms with Gasteiger partial charge in [0, 0.05) is 16.2 Å². The minimum atomic E-state index is -0.564. The fourth-order valence-electron chi connectivity index (χ4n) is 1.64. The summed E-state index contributed by atoms with van der Waals surface area (Å²) in [4.78, 5) is 23.2. The summed E-state index contributed by atoms with van der Waals surface area (Å²) in [7, 11) is 0. The molecule has 2 aromatic carbocycles. The fourth-order valence-corrected chi connectivity index (χ4v) is 1.91. The number of nitrogens with one attached hydrogen (secondary N) is 1. The molecule has 0 aliphatic carbocycles. The highest BCUT2D eigenvalue weighted by Gasteiger charge is 2.05. The van der Waals surface area contributed by atoms with Gasteiger partial charge in [-0.1, -0.05) is 46.3 Å². The van der Waals surface area contributed by atoms with Crippen LogP contribution in [0.2, 0.25) is 0 Å². The minimum Gasteiger partial charge on any atom is -0.452 e. The molecule has 0 fully saturated rings. The number of esters is 1. The second kappa shape index (κ2) is 8.14.